The van der Waals surface area contributed by atoms with Crippen LogP contribution in [-0.4, -0.2) is 27.6 Å². The highest BCUT2D eigenvalue weighted by Crippen LogP contribution is 2.23. The molecule has 1 heterocycles. The lowest BCUT2D eigenvalue weighted by Gasteiger charge is -2.11. The van der Waals surface area contributed by atoms with Crippen LogP contribution in [0.5, 0.6) is 5.75 Å². The van der Waals surface area contributed by atoms with Crippen LogP contribution in [0.3, 0.4) is 0 Å². The van der Waals surface area contributed by atoms with Gasteiger partial charge < -0.3 is 10.1 Å². The maximum atomic E-state index is 12.3. The van der Waals surface area contributed by atoms with Gasteiger partial charge in [-0.15, -0.1) is 0 Å². The third-order valence-electron chi connectivity index (χ3n) is 2.94. The highest BCUT2D eigenvalue weighted by Gasteiger charge is 2.15. The number of hydrogen-bond donors (Lipinski definition) is 2. The smallest absolute Gasteiger partial charge is 0.262 e. The number of anilines is 2. The van der Waals surface area contributed by atoms with E-state index in [1.54, 1.807) is 32.4 Å². The summed E-state index contributed by atoms with van der Waals surface area (Å²) in [4.78, 5) is 4.14. The molecule has 7 heteroatoms. The van der Waals surface area contributed by atoms with Crippen LogP contribution in [0.4, 0.5) is 11.5 Å². The van der Waals surface area contributed by atoms with Crippen LogP contribution in [0.1, 0.15) is 5.56 Å². The third-order valence-corrected chi connectivity index (χ3v) is 4.32. The number of benzene rings is 1. The first-order chi connectivity index (χ1) is 9.96. The molecule has 0 aliphatic carbocycles. The lowest BCUT2D eigenvalue weighted by Crippen LogP contribution is -2.13. The molecule has 0 spiro atoms. The predicted molar refractivity (Wildman–Crippen MR) is 82.3 cm³/mol. The number of nitrogens with one attached hydrogen (secondary N) is 2. The lowest BCUT2D eigenvalue weighted by molar-refractivity contribution is 0.412. The van der Waals surface area contributed by atoms with Crippen molar-refractivity contribution in [3.63, 3.8) is 0 Å². The second-order valence-corrected chi connectivity index (χ2v) is 6.10. The Balaban J connectivity index is 2.30. The third kappa shape index (κ3) is 3.43. The number of nitrogens with zero attached hydrogens (tertiary/aromatic N) is 1. The Kier molecular flexibility index (Phi) is 4.32. The average molecular weight is 307 g/mol. The van der Waals surface area contributed by atoms with Crippen LogP contribution in [-0.2, 0) is 10.0 Å². The van der Waals surface area contributed by atoms with Crippen molar-refractivity contribution in [2.24, 2.45) is 0 Å². The van der Waals surface area contributed by atoms with Crippen molar-refractivity contribution in [1.82, 2.24) is 4.98 Å². The van der Waals surface area contributed by atoms with E-state index in [1.807, 2.05) is 6.92 Å². The van der Waals surface area contributed by atoms with E-state index in [0.717, 1.165) is 5.56 Å². The Morgan fingerprint density at radius 1 is 1.19 bits per heavy atom. The highest BCUT2D eigenvalue weighted by atomic mass is 32.2. The van der Waals surface area contributed by atoms with Gasteiger partial charge in [0.05, 0.1) is 12.0 Å². The Morgan fingerprint density at radius 2 is 1.95 bits per heavy atom. The fourth-order valence-electron chi connectivity index (χ4n) is 1.87. The van der Waals surface area contributed by atoms with Gasteiger partial charge in [0.1, 0.15) is 11.6 Å². The predicted octanol–water partition coefficient (Wildman–Crippen LogP) is 2.24. The van der Waals surface area contributed by atoms with E-state index < -0.39 is 10.0 Å². The summed E-state index contributed by atoms with van der Waals surface area (Å²) in [6, 6.07) is 8.01. The van der Waals surface area contributed by atoms with E-state index in [9.17, 15) is 8.42 Å². The molecule has 1 aromatic carbocycles. The second kappa shape index (κ2) is 6.01. The molecule has 21 heavy (non-hydrogen) atoms. The van der Waals surface area contributed by atoms with Crippen molar-refractivity contribution in [2.75, 3.05) is 24.2 Å². The first-order valence-electron chi connectivity index (χ1n) is 6.27. The summed E-state index contributed by atoms with van der Waals surface area (Å²) in [6.07, 6.45) is 1.44. The van der Waals surface area contributed by atoms with Crippen molar-refractivity contribution < 1.29 is 13.2 Å². The molecule has 0 radical (unpaired) electrons. The molecule has 0 fully saturated rings. The topological polar surface area (TPSA) is 80.3 Å². The van der Waals surface area contributed by atoms with Gasteiger partial charge in [0.25, 0.3) is 10.0 Å². The van der Waals surface area contributed by atoms with Gasteiger partial charge in [-0.25, -0.2) is 13.4 Å². The van der Waals surface area contributed by atoms with Crippen molar-refractivity contribution in [3.05, 3.63) is 42.1 Å². The minimum absolute atomic E-state index is 0.148. The second-order valence-electron chi connectivity index (χ2n) is 4.42. The molecule has 0 atom stereocenters. The molecular formula is C14H17N3O3S. The van der Waals surface area contributed by atoms with E-state index >= 15 is 0 Å². The van der Waals surface area contributed by atoms with Crippen molar-refractivity contribution in [3.8, 4) is 5.75 Å². The molecule has 0 aliphatic rings. The molecule has 2 rings (SSSR count). The zero-order valence-corrected chi connectivity index (χ0v) is 12.9. The zero-order valence-electron chi connectivity index (χ0n) is 12.0. The first kappa shape index (κ1) is 15.1. The number of pyridine rings is 1. The number of hydrogen-bond acceptors (Lipinski definition) is 5. The molecule has 2 N–H and O–H groups in total. The van der Waals surface area contributed by atoms with Gasteiger partial charge in [-0.3, -0.25) is 4.72 Å². The van der Waals surface area contributed by atoms with Gasteiger partial charge in [0.15, 0.2) is 0 Å². The molecule has 0 saturated carbocycles. The standard InChI is InChI=1S/C14H17N3O3S/c1-10-8-11(4-5-13(10)20-3)17-21(18,19)12-6-7-16-14(9-12)15-2/h4-9,17H,1-3H3,(H,15,16). The van der Waals surface area contributed by atoms with Crippen LogP contribution in [0.15, 0.2) is 41.4 Å². The van der Waals surface area contributed by atoms with Crippen molar-refractivity contribution in [2.45, 2.75) is 11.8 Å². The van der Waals surface area contributed by atoms with Crippen LogP contribution in [0, 0.1) is 6.92 Å². The fraction of sp³-hybridized carbons (Fsp3) is 0.214. The van der Waals surface area contributed by atoms with Gasteiger partial charge in [0.2, 0.25) is 0 Å². The molecule has 0 unspecified atom stereocenters. The molecule has 2 aromatic rings. The highest BCUT2D eigenvalue weighted by molar-refractivity contribution is 7.92. The van der Waals surface area contributed by atoms with Gasteiger partial charge in [-0.1, -0.05) is 0 Å². The summed E-state index contributed by atoms with van der Waals surface area (Å²) in [5.74, 6) is 1.20. The molecular weight excluding hydrogens is 290 g/mol. The molecule has 0 aliphatic heterocycles. The summed E-state index contributed by atoms with van der Waals surface area (Å²) in [6.45, 7) is 1.85. The van der Waals surface area contributed by atoms with Gasteiger partial charge in [-0.2, -0.15) is 0 Å². The fourth-order valence-corrected chi connectivity index (χ4v) is 2.93. The monoisotopic (exact) mass is 307 g/mol. The van der Waals surface area contributed by atoms with Crippen LogP contribution in [0.2, 0.25) is 0 Å². The number of ether oxygens (including phenoxy) is 1. The Bertz CT molecular complexity index is 745. The maximum Gasteiger partial charge on any atom is 0.262 e. The van der Waals surface area contributed by atoms with Gasteiger partial charge >= 0.3 is 0 Å². The quantitative estimate of drug-likeness (QED) is 0.885. The van der Waals surface area contributed by atoms with Crippen LogP contribution < -0.4 is 14.8 Å². The minimum Gasteiger partial charge on any atom is -0.496 e. The number of sulfonamides is 1. The molecule has 6 nitrogen and oxygen atoms in total. The lowest BCUT2D eigenvalue weighted by atomic mass is 10.2. The molecule has 0 saturated heterocycles. The zero-order chi connectivity index (χ0) is 15.5. The van der Waals surface area contributed by atoms with Crippen LogP contribution in [0.25, 0.3) is 0 Å². The summed E-state index contributed by atoms with van der Waals surface area (Å²) in [5.41, 5.74) is 1.33. The molecule has 112 valence electrons. The summed E-state index contributed by atoms with van der Waals surface area (Å²) in [7, 11) is -0.402. The first-order valence-corrected chi connectivity index (χ1v) is 7.76. The summed E-state index contributed by atoms with van der Waals surface area (Å²) >= 11 is 0. The molecule has 1 aromatic heterocycles. The largest absolute Gasteiger partial charge is 0.496 e. The van der Waals surface area contributed by atoms with Crippen LogP contribution >= 0.6 is 0 Å². The number of methoxy groups -OCH3 is 1. The van der Waals surface area contributed by atoms with E-state index in [-0.39, 0.29) is 4.90 Å². The summed E-state index contributed by atoms with van der Waals surface area (Å²) in [5, 5.41) is 2.81. The van der Waals surface area contributed by atoms with Crippen molar-refractivity contribution in [1.29, 1.82) is 0 Å². The Hall–Kier alpha value is -2.28. The average Bonchev–Trinajstić information content (AvgIpc) is 2.47. The number of rotatable bonds is 5. The Morgan fingerprint density at radius 3 is 2.57 bits per heavy atom. The molecule has 0 amide bonds. The SMILES string of the molecule is CNc1cc(S(=O)(=O)Nc2ccc(OC)c(C)c2)ccn1. The van der Waals surface area contributed by atoms with E-state index in [1.165, 1.54) is 18.3 Å². The van der Waals surface area contributed by atoms with E-state index in [4.69, 9.17) is 4.74 Å². The van der Waals surface area contributed by atoms with Gasteiger partial charge in [-0.05, 0) is 36.8 Å². The number of aryl methyl sites for hydroxylation is 1. The number of aromatic nitrogens is 1. The molecule has 0 bridgehead atoms. The maximum absolute atomic E-state index is 12.3. The normalized spacial score (nSPS) is 11.0. The summed E-state index contributed by atoms with van der Waals surface area (Å²) < 4.78 is 32.4. The minimum atomic E-state index is -3.65. The van der Waals surface area contributed by atoms with Gasteiger partial charge in [0, 0.05) is 25.0 Å². The van der Waals surface area contributed by atoms with E-state index in [2.05, 4.69) is 15.0 Å². The van der Waals surface area contributed by atoms with Crippen molar-refractivity contribution >= 4 is 21.5 Å². The Labute approximate surface area is 124 Å². The van der Waals surface area contributed by atoms with E-state index in [0.29, 0.717) is 17.3 Å².